The number of allylic oxidation sites excluding steroid dienone is 1. The highest BCUT2D eigenvalue weighted by Gasteiger charge is 1.96. The predicted molar refractivity (Wildman–Crippen MR) is 64.3 cm³/mol. The van der Waals surface area contributed by atoms with Crippen molar-refractivity contribution in [2.75, 3.05) is 11.6 Å². The Labute approximate surface area is 94.6 Å². The second-order valence-corrected chi connectivity index (χ2v) is 4.41. The van der Waals surface area contributed by atoms with Crippen molar-refractivity contribution in [3.8, 4) is 0 Å². The summed E-state index contributed by atoms with van der Waals surface area (Å²) in [6.07, 6.45) is 4.02. The lowest BCUT2D eigenvalue weighted by Crippen LogP contribution is -1.87. The highest BCUT2D eigenvalue weighted by molar-refractivity contribution is 7.99. The van der Waals surface area contributed by atoms with Crippen LogP contribution in [0.25, 0.3) is 0 Å². The van der Waals surface area contributed by atoms with Crippen LogP contribution in [-0.2, 0) is 0 Å². The summed E-state index contributed by atoms with van der Waals surface area (Å²) in [5, 5.41) is 1.08. The SMILES string of the molecule is Cc1cc(C)nc(SC/C=C/CCl)c1. The van der Waals surface area contributed by atoms with Crippen molar-refractivity contribution in [1.82, 2.24) is 4.98 Å². The number of hydrogen-bond donors (Lipinski definition) is 0. The molecule has 1 heterocycles. The summed E-state index contributed by atoms with van der Waals surface area (Å²) in [6, 6.07) is 4.19. The van der Waals surface area contributed by atoms with Crippen LogP contribution >= 0.6 is 23.4 Å². The summed E-state index contributed by atoms with van der Waals surface area (Å²) in [7, 11) is 0. The normalized spacial score (nSPS) is 11.1. The minimum atomic E-state index is 0.584. The Balaban J connectivity index is 2.54. The number of nitrogens with zero attached hydrogens (tertiary/aromatic N) is 1. The number of rotatable bonds is 4. The molecular weight excluding hydrogens is 214 g/mol. The summed E-state index contributed by atoms with van der Waals surface area (Å²) >= 11 is 7.25. The van der Waals surface area contributed by atoms with E-state index in [9.17, 15) is 0 Å². The van der Waals surface area contributed by atoms with Gasteiger partial charge in [0.05, 0.1) is 5.03 Å². The van der Waals surface area contributed by atoms with Crippen molar-refractivity contribution in [2.24, 2.45) is 0 Å². The van der Waals surface area contributed by atoms with E-state index in [-0.39, 0.29) is 0 Å². The van der Waals surface area contributed by atoms with E-state index >= 15 is 0 Å². The molecule has 1 aromatic heterocycles. The summed E-state index contributed by atoms with van der Waals surface area (Å²) in [6.45, 7) is 4.11. The van der Waals surface area contributed by atoms with Crippen molar-refractivity contribution in [1.29, 1.82) is 0 Å². The van der Waals surface area contributed by atoms with Gasteiger partial charge in [0.2, 0.25) is 0 Å². The fourth-order valence-electron chi connectivity index (χ4n) is 1.14. The van der Waals surface area contributed by atoms with E-state index in [1.165, 1.54) is 5.56 Å². The maximum absolute atomic E-state index is 5.52. The first-order valence-corrected chi connectivity index (χ1v) is 6.03. The highest BCUT2D eigenvalue weighted by atomic mass is 35.5. The monoisotopic (exact) mass is 227 g/mol. The van der Waals surface area contributed by atoms with Crippen LogP contribution < -0.4 is 0 Å². The molecule has 0 unspecified atom stereocenters. The summed E-state index contributed by atoms with van der Waals surface area (Å²) in [5.41, 5.74) is 2.34. The minimum absolute atomic E-state index is 0.584. The lowest BCUT2D eigenvalue weighted by molar-refractivity contribution is 1.05. The van der Waals surface area contributed by atoms with E-state index in [0.29, 0.717) is 5.88 Å². The number of pyridine rings is 1. The Morgan fingerprint density at radius 1 is 1.36 bits per heavy atom. The Morgan fingerprint density at radius 2 is 2.14 bits per heavy atom. The standard InChI is InChI=1S/C11H14ClNS/c1-9-7-10(2)13-11(8-9)14-6-4-3-5-12/h3-4,7-8H,5-6H2,1-2H3/b4-3+. The van der Waals surface area contributed by atoms with Crippen LogP contribution in [0.5, 0.6) is 0 Å². The van der Waals surface area contributed by atoms with E-state index < -0.39 is 0 Å². The van der Waals surface area contributed by atoms with Gasteiger partial charge in [0, 0.05) is 17.3 Å². The molecule has 0 radical (unpaired) electrons. The highest BCUT2D eigenvalue weighted by Crippen LogP contribution is 2.17. The van der Waals surface area contributed by atoms with E-state index in [2.05, 4.69) is 30.1 Å². The van der Waals surface area contributed by atoms with Gasteiger partial charge < -0.3 is 0 Å². The number of halogens is 1. The molecule has 0 N–H and O–H groups in total. The second-order valence-electron chi connectivity index (χ2n) is 3.06. The molecular formula is C11H14ClNS. The molecule has 0 amide bonds. The van der Waals surface area contributed by atoms with Gasteiger partial charge in [0.25, 0.3) is 0 Å². The number of aryl methyl sites for hydroxylation is 2. The third kappa shape index (κ3) is 4.16. The zero-order valence-electron chi connectivity index (χ0n) is 8.46. The van der Waals surface area contributed by atoms with Crippen LogP contribution in [0.15, 0.2) is 29.3 Å². The molecule has 0 saturated heterocycles. The number of hydrogen-bond acceptors (Lipinski definition) is 2. The summed E-state index contributed by atoms with van der Waals surface area (Å²) < 4.78 is 0. The first-order chi connectivity index (χ1) is 6.72. The Bertz CT molecular complexity index is 303. The Hall–Kier alpha value is -0.470. The van der Waals surface area contributed by atoms with Crippen LogP contribution in [0.4, 0.5) is 0 Å². The van der Waals surface area contributed by atoms with Crippen LogP contribution in [0.2, 0.25) is 0 Å². The maximum atomic E-state index is 5.52. The van der Waals surface area contributed by atoms with E-state index in [1.807, 2.05) is 13.0 Å². The summed E-state index contributed by atoms with van der Waals surface area (Å²) in [5.74, 6) is 1.52. The van der Waals surface area contributed by atoms with Gasteiger partial charge in [-0.2, -0.15) is 0 Å². The summed E-state index contributed by atoms with van der Waals surface area (Å²) in [4.78, 5) is 4.43. The fraction of sp³-hybridized carbons (Fsp3) is 0.364. The zero-order chi connectivity index (χ0) is 10.4. The molecule has 1 rings (SSSR count). The Kier molecular flexibility index (Phi) is 5.05. The van der Waals surface area contributed by atoms with Crippen LogP contribution in [0, 0.1) is 13.8 Å². The third-order valence-electron chi connectivity index (χ3n) is 1.66. The molecule has 0 aliphatic rings. The van der Waals surface area contributed by atoms with Gasteiger partial charge in [0.1, 0.15) is 0 Å². The van der Waals surface area contributed by atoms with Crippen molar-refractivity contribution >= 4 is 23.4 Å². The van der Waals surface area contributed by atoms with Gasteiger partial charge in [-0.3, -0.25) is 0 Å². The van der Waals surface area contributed by atoms with Crippen molar-refractivity contribution in [2.45, 2.75) is 18.9 Å². The lowest BCUT2D eigenvalue weighted by Gasteiger charge is -2.01. The molecule has 0 aliphatic carbocycles. The smallest absolute Gasteiger partial charge is 0.0968 e. The molecule has 0 aromatic carbocycles. The predicted octanol–water partition coefficient (Wildman–Crippen LogP) is 3.59. The largest absolute Gasteiger partial charge is 0.247 e. The average Bonchev–Trinajstić information content (AvgIpc) is 2.11. The van der Waals surface area contributed by atoms with E-state index in [4.69, 9.17) is 11.6 Å². The lowest BCUT2D eigenvalue weighted by atomic mass is 10.3. The van der Waals surface area contributed by atoms with Crippen LogP contribution in [0.3, 0.4) is 0 Å². The molecule has 0 bridgehead atoms. The molecule has 14 heavy (non-hydrogen) atoms. The van der Waals surface area contributed by atoms with Gasteiger partial charge in [-0.05, 0) is 31.5 Å². The molecule has 0 fully saturated rings. The number of alkyl halides is 1. The molecule has 0 atom stereocenters. The first kappa shape index (κ1) is 11.6. The Morgan fingerprint density at radius 3 is 2.79 bits per heavy atom. The molecule has 0 aliphatic heterocycles. The second kappa shape index (κ2) is 6.10. The van der Waals surface area contributed by atoms with Crippen LogP contribution in [-0.4, -0.2) is 16.6 Å². The van der Waals surface area contributed by atoms with Crippen molar-refractivity contribution < 1.29 is 0 Å². The molecule has 0 spiro atoms. The van der Waals surface area contributed by atoms with Crippen molar-refractivity contribution in [3.05, 3.63) is 35.5 Å². The van der Waals surface area contributed by atoms with E-state index in [0.717, 1.165) is 16.5 Å². The molecule has 0 saturated carbocycles. The molecule has 3 heteroatoms. The van der Waals surface area contributed by atoms with Gasteiger partial charge >= 0.3 is 0 Å². The zero-order valence-corrected chi connectivity index (χ0v) is 10.0. The minimum Gasteiger partial charge on any atom is -0.247 e. The van der Waals surface area contributed by atoms with Crippen LogP contribution in [0.1, 0.15) is 11.3 Å². The van der Waals surface area contributed by atoms with E-state index in [1.54, 1.807) is 11.8 Å². The number of thioether (sulfide) groups is 1. The van der Waals surface area contributed by atoms with Gasteiger partial charge in [0.15, 0.2) is 0 Å². The fourth-order valence-corrected chi connectivity index (χ4v) is 2.15. The van der Waals surface area contributed by atoms with Gasteiger partial charge in [-0.15, -0.1) is 23.4 Å². The molecule has 76 valence electrons. The van der Waals surface area contributed by atoms with Gasteiger partial charge in [-0.25, -0.2) is 4.98 Å². The molecule has 1 nitrogen and oxygen atoms in total. The third-order valence-corrected chi connectivity index (χ3v) is 2.70. The maximum Gasteiger partial charge on any atom is 0.0968 e. The topological polar surface area (TPSA) is 12.9 Å². The molecule has 1 aromatic rings. The average molecular weight is 228 g/mol. The quantitative estimate of drug-likeness (QED) is 0.443. The number of aromatic nitrogens is 1. The van der Waals surface area contributed by atoms with Crippen molar-refractivity contribution in [3.63, 3.8) is 0 Å². The first-order valence-electron chi connectivity index (χ1n) is 4.51. The van der Waals surface area contributed by atoms with Gasteiger partial charge in [-0.1, -0.05) is 12.2 Å².